The molecule has 2 unspecified atom stereocenters. The van der Waals surface area contributed by atoms with Crippen molar-refractivity contribution in [1.82, 2.24) is 10.2 Å². The van der Waals surface area contributed by atoms with Crippen LogP contribution < -0.4 is 5.32 Å². The fourth-order valence-electron chi connectivity index (χ4n) is 2.23. The van der Waals surface area contributed by atoms with E-state index >= 15 is 0 Å². The monoisotopic (exact) mass is 278 g/mol. The standard InChI is InChI=1S/C15H22N2O3/c1-12(15(19)17-7-9-20-10-8-17)16-11-14(18)13-5-3-2-4-6-13/h2-6,12,14,16,18H,7-11H2,1H3. The number of ether oxygens (including phenoxy) is 1. The molecule has 0 saturated carbocycles. The first-order valence-corrected chi connectivity index (χ1v) is 7.01. The number of nitrogens with one attached hydrogen (secondary N) is 1. The van der Waals surface area contributed by atoms with E-state index in [0.717, 1.165) is 5.56 Å². The second kappa shape index (κ2) is 7.38. The first kappa shape index (κ1) is 15.0. The fraction of sp³-hybridized carbons (Fsp3) is 0.533. The fourth-order valence-corrected chi connectivity index (χ4v) is 2.23. The summed E-state index contributed by atoms with van der Waals surface area (Å²) in [7, 11) is 0. The van der Waals surface area contributed by atoms with E-state index in [4.69, 9.17) is 4.74 Å². The molecule has 5 heteroatoms. The molecule has 0 spiro atoms. The minimum atomic E-state index is -0.601. The van der Waals surface area contributed by atoms with E-state index in [1.165, 1.54) is 0 Å². The summed E-state index contributed by atoms with van der Waals surface area (Å²) in [6, 6.07) is 9.14. The average Bonchev–Trinajstić information content (AvgIpc) is 2.53. The van der Waals surface area contributed by atoms with Crippen molar-refractivity contribution >= 4 is 5.91 Å². The molecule has 0 aromatic heterocycles. The van der Waals surface area contributed by atoms with Crippen molar-refractivity contribution in [3.63, 3.8) is 0 Å². The molecule has 20 heavy (non-hydrogen) atoms. The molecule has 2 atom stereocenters. The van der Waals surface area contributed by atoms with Crippen molar-refractivity contribution in [2.45, 2.75) is 19.1 Å². The summed E-state index contributed by atoms with van der Waals surface area (Å²) in [5.74, 6) is 0.0635. The summed E-state index contributed by atoms with van der Waals surface area (Å²) < 4.78 is 5.23. The van der Waals surface area contributed by atoms with Gasteiger partial charge in [-0.25, -0.2) is 0 Å². The van der Waals surface area contributed by atoms with Crippen molar-refractivity contribution in [2.75, 3.05) is 32.8 Å². The Hall–Kier alpha value is -1.43. The number of hydrogen-bond acceptors (Lipinski definition) is 4. The number of nitrogens with zero attached hydrogens (tertiary/aromatic N) is 1. The van der Waals surface area contributed by atoms with Gasteiger partial charge in [-0.3, -0.25) is 4.79 Å². The molecular weight excluding hydrogens is 256 g/mol. The van der Waals surface area contributed by atoms with Crippen molar-refractivity contribution in [3.05, 3.63) is 35.9 Å². The number of amides is 1. The Kier molecular flexibility index (Phi) is 5.52. The third-order valence-corrected chi connectivity index (χ3v) is 3.49. The molecule has 1 aliphatic heterocycles. The SMILES string of the molecule is CC(NCC(O)c1ccccc1)C(=O)N1CCOCC1. The zero-order chi connectivity index (χ0) is 14.4. The molecule has 1 amide bonds. The van der Waals surface area contributed by atoms with Crippen LogP contribution in [0.25, 0.3) is 0 Å². The van der Waals surface area contributed by atoms with Crippen LogP contribution in [0.3, 0.4) is 0 Å². The van der Waals surface area contributed by atoms with Crippen LogP contribution in [-0.4, -0.2) is 54.8 Å². The summed E-state index contributed by atoms with van der Waals surface area (Å²) in [5, 5.41) is 13.2. The van der Waals surface area contributed by atoms with Gasteiger partial charge in [-0.1, -0.05) is 30.3 Å². The number of aliphatic hydroxyl groups is 1. The molecule has 1 aromatic carbocycles. The van der Waals surface area contributed by atoms with Gasteiger partial charge in [0.1, 0.15) is 0 Å². The molecule has 0 aliphatic carbocycles. The molecular formula is C15H22N2O3. The molecule has 0 radical (unpaired) electrons. The van der Waals surface area contributed by atoms with Gasteiger partial charge in [-0.15, -0.1) is 0 Å². The van der Waals surface area contributed by atoms with Gasteiger partial charge in [0.05, 0.1) is 25.4 Å². The van der Waals surface area contributed by atoms with Crippen LogP contribution in [0.5, 0.6) is 0 Å². The molecule has 1 aliphatic rings. The normalized spacial score (nSPS) is 18.6. The number of hydrogen-bond donors (Lipinski definition) is 2. The smallest absolute Gasteiger partial charge is 0.239 e. The minimum Gasteiger partial charge on any atom is -0.387 e. The van der Waals surface area contributed by atoms with E-state index in [1.54, 1.807) is 4.90 Å². The Morgan fingerprint density at radius 2 is 2.00 bits per heavy atom. The van der Waals surface area contributed by atoms with Gasteiger partial charge in [0.2, 0.25) is 5.91 Å². The Morgan fingerprint density at radius 3 is 2.65 bits per heavy atom. The summed E-state index contributed by atoms with van der Waals surface area (Å²) in [5.41, 5.74) is 0.853. The topological polar surface area (TPSA) is 61.8 Å². The Morgan fingerprint density at radius 1 is 1.35 bits per heavy atom. The van der Waals surface area contributed by atoms with Gasteiger partial charge in [0.15, 0.2) is 0 Å². The minimum absolute atomic E-state index is 0.0635. The highest BCUT2D eigenvalue weighted by Gasteiger charge is 2.22. The van der Waals surface area contributed by atoms with Crippen LogP contribution in [-0.2, 0) is 9.53 Å². The quantitative estimate of drug-likeness (QED) is 0.826. The summed E-state index contributed by atoms with van der Waals surface area (Å²) >= 11 is 0. The van der Waals surface area contributed by atoms with E-state index < -0.39 is 6.10 Å². The van der Waals surface area contributed by atoms with Crippen LogP contribution >= 0.6 is 0 Å². The van der Waals surface area contributed by atoms with Crippen LogP contribution in [0.15, 0.2) is 30.3 Å². The van der Waals surface area contributed by atoms with Gasteiger partial charge in [0.25, 0.3) is 0 Å². The molecule has 110 valence electrons. The Balaban J connectivity index is 1.79. The van der Waals surface area contributed by atoms with Crippen molar-refractivity contribution < 1.29 is 14.6 Å². The number of aliphatic hydroxyl groups excluding tert-OH is 1. The highest BCUT2D eigenvalue weighted by Crippen LogP contribution is 2.11. The molecule has 1 aromatic rings. The maximum Gasteiger partial charge on any atom is 0.239 e. The number of benzene rings is 1. The third-order valence-electron chi connectivity index (χ3n) is 3.49. The summed E-state index contributed by atoms with van der Waals surface area (Å²) in [4.78, 5) is 14.0. The van der Waals surface area contributed by atoms with Gasteiger partial charge in [-0.05, 0) is 12.5 Å². The summed E-state index contributed by atoms with van der Waals surface area (Å²) in [6.07, 6.45) is -0.601. The zero-order valence-electron chi connectivity index (χ0n) is 11.8. The van der Waals surface area contributed by atoms with Crippen LogP contribution in [0, 0.1) is 0 Å². The van der Waals surface area contributed by atoms with Crippen molar-refractivity contribution in [3.8, 4) is 0 Å². The predicted octanol–water partition coefficient (Wildman–Crippen LogP) is 0.557. The van der Waals surface area contributed by atoms with E-state index in [2.05, 4.69) is 5.32 Å². The lowest BCUT2D eigenvalue weighted by Crippen LogP contribution is -2.49. The number of morpholine rings is 1. The van der Waals surface area contributed by atoms with E-state index in [1.807, 2.05) is 37.3 Å². The number of carbonyl (C=O) groups excluding carboxylic acids is 1. The van der Waals surface area contributed by atoms with Gasteiger partial charge < -0.3 is 20.1 Å². The average molecular weight is 278 g/mol. The van der Waals surface area contributed by atoms with Crippen LogP contribution in [0.4, 0.5) is 0 Å². The van der Waals surface area contributed by atoms with E-state index in [-0.39, 0.29) is 11.9 Å². The molecule has 0 bridgehead atoms. The molecule has 1 saturated heterocycles. The van der Waals surface area contributed by atoms with Gasteiger partial charge in [0, 0.05) is 19.6 Å². The second-order valence-electron chi connectivity index (χ2n) is 4.99. The van der Waals surface area contributed by atoms with Crippen molar-refractivity contribution in [2.24, 2.45) is 0 Å². The Bertz CT molecular complexity index is 418. The lowest BCUT2D eigenvalue weighted by molar-refractivity contribution is -0.137. The van der Waals surface area contributed by atoms with Crippen LogP contribution in [0.2, 0.25) is 0 Å². The Labute approximate surface area is 119 Å². The lowest BCUT2D eigenvalue weighted by Gasteiger charge is -2.29. The highest BCUT2D eigenvalue weighted by atomic mass is 16.5. The highest BCUT2D eigenvalue weighted by molar-refractivity contribution is 5.81. The van der Waals surface area contributed by atoms with Gasteiger partial charge >= 0.3 is 0 Å². The maximum absolute atomic E-state index is 12.2. The zero-order valence-corrected chi connectivity index (χ0v) is 11.8. The second-order valence-corrected chi connectivity index (χ2v) is 4.99. The van der Waals surface area contributed by atoms with Gasteiger partial charge in [-0.2, -0.15) is 0 Å². The molecule has 2 N–H and O–H groups in total. The lowest BCUT2D eigenvalue weighted by atomic mass is 10.1. The molecule has 1 heterocycles. The predicted molar refractivity (Wildman–Crippen MR) is 76.3 cm³/mol. The molecule has 5 nitrogen and oxygen atoms in total. The maximum atomic E-state index is 12.2. The summed E-state index contributed by atoms with van der Waals surface area (Å²) in [6.45, 7) is 4.69. The largest absolute Gasteiger partial charge is 0.387 e. The van der Waals surface area contributed by atoms with Crippen molar-refractivity contribution in [1.29, 1.82) is 0 Å². The van der Waals surface area contributed by atoms with Crippen LogP contribution in [0.1, 0.15) is 18.6 Å². The number of rotatable bonds is 5. The van der Waals surface area contributed by atoms with E-state index in [0.29, 0.717) is 32.8 Å². The molecule has 2 rings (SSSR count). The first-order chi connectivity index (χ1) is 9.68. The number of carbonyl (C=O) groups is 1. The molecule has 1 fully saturated rings. The van der Waals surface area contributed by atoms with E-state index in [9.17, 15) is 9.90 Å². The third kappa shape index (κ3) is 4.03. The first-order valence-electron chi connectivity index (χ1n) is 7.01.